The van der Waals surface area contributed by atoms with Gasteiger partial charge in [-0.25, -0.2) is 4.99 Å². The molecular formula is C17H29IN4O. The van der Waals surface area contributed by atoms with Crippen molar-refractivity contribution in [2.24, 2.45) is 16.6 Å². The van der Waals surface area contributed by atoms with E-state index in [1.54, 1.807) is 0 Å². The first kappa shape index (κ1) is 21.7. The highest BCUT2D eigenvalue weighted by molar-refractivity contribution is 14.0. The fourth-order valence-electron chi connectivity index (χ4n) is 1.80. The first-order valence-corrected chi connectivity index (χ1v) is 7.69. The molecule has 1 rings (SSSR count). The van der Waals surface area contributed by atoms with E-state index in [1.165, 1.54) is 0 Å². The fraction of sp³-hybridized carbons (Fsp3) is 0.529. The lowest BCUT2D eigenvalue weighted by Gasteiger charge is -2.21. The van der Waals surface area contributed by atoms with Crippen molar-refractivity contribution >= 4 is 41.5 Å². The van der Waals surface area contributed by atoms with Crippen molar-refractivity contribution in [3.63, 3.8) is 0 Å². The first-order chi connectivity index (χ1) is 10.2. The second-order valence-electron chi connectivity index (χ2n) is 6.58. The highest BCUT2D eigenvalue weighted by Gasteiger charge is 2.11. The van der Waals surface area contributed by atoms with Crippen molar-refractivity contribution in [3.05, 3.63) is 29.8 Å². The molecule has 23 heavy (non-hydrogen) atoms. The summed E-state index contributed by atoms with van der Waals surface area (Å²) >= 11 is 0. The Bertz CT molecular complexity index is 538. The molecular weight excluding hydrogens is 403 g/mol. The van der Waals surface area contributed by atoms with Gasteiger partial charge in [-0.2, -0.15) is 0 Å². The summed E-state index contributed by atoms with van der Waals surface area (Å²) in [5.74, 6) is 0.465. The van der Waals surface area contributed by atoms with Crippen LogP contribution in [-0.2, 0) is 11.3 Å². The van der Waals surface area contributed by atoms with Gasteiger partial charge in [0.15, 0.2) is 5.96 Å². The van der Waals surface area contributed by atoms with Gasteiger partial charge in [-0.3, -0.25) is 4.79 Å². The number of hydrogen-bond donors (Lipinski definition) is 3. The number of nitrogens with one attached hydrogen (secondary N) is 2. The average Bonchev–Trinajstić information content (AvgIpc) is 2.42. The Balaban J connectivity index is 0.00000484. The zero-order chi connectivity index (χ0) is 16.8. The van der Waals surface area contributed by atoms with Crippen LogP contribution in [-0.4, -0.2) is 17.4 Å². The number of hydrogen-bond acceptors (Lipinski definition) is 2. The van der Waals surface area contributed by atoms with Gasteiger partial charge in [-0.15, -0.1) is 24.0 Å². The number of nitrogens with zero attached hydrogens (tertiary/aromatic N) is 1. The van der Waals surface area contributed by atoms with Crippen LogP contribution in [0.1, 0.15) is 46.6 Å². The van der Waals surface area contributed by atoms with Gasteiger partial charge in [0.05, 0.1) is 6.54 Å². The number of aliphatic imine (C=N–C) groups is 1. The zero-order valence-electron chi connectivity index (χ0n) is 14.6. The Morgan fingerprint density at radius 2 is 2.00 bits per heavy atom. The molecule has 1 aromatic rings. The van der Waals surface area contributed by atoms with Crippen LogP contribution in [0.15, 0.2) is 29.3 Å². The summed E-state index contributed by atoms with van der Waals surface area (Å²) in [6.07, 6.45) is 0.824. The average molecular weight is 432 g/mol. The summed E-state index contributed by atoms with van der Waals surface area (Å²) in [6.45, 7) is 10.5. The van der Waals surface area contributed by atoms with Gasteiger partial charge >= 0.3 is 0 Å². The minimum atomic E-state index is -0.111. The molecule has 0 aliphatic carbocycles. The van der Waals surface area contributed by atoms with Crippen LogP contribution in [0.3, 0.4) is 0 Å². The maximum absolute atomic E-state index is 11.9. The van der Waals surface area contributed by atoms with Crippen molar-refractivity contribution in [2.45, 2.75) is 53.1 Å². The molecule has 1 unspecified atom stereocenters. The van der Waals surface area contributed by atoms with Gasteiger partial charge in [0, 0.05) is 17.1 Å². The molecule has 6 heteroatoms. The smallest absolute Gasteiger partial charge is 0.227 e. The number of guanidine groups is 1. The van der Waals surface area contributed by atoms with Crippen molar-refractivity contribution in [2.75, 3.05) is 5.32 Å². The number of carbonyl (C=O) groups excluding carboxylic acids is 1. The van der Waals surface area contributed by atoms with Crippen molar-refractivity contribution in [3.8, 4) is 0 Å². The van der Waals surface area contributed by atoms with Crippen LogP contribution in [0.25, 0.3) is 0 Å². The molecule has 0 heterocycles. The van der Waals surface area contributed by atoms with E-state index in [1.807, 2.05) is 58.9 Å². The van der Waals surface area contributed by atoms with E-state index in [0.29, 0.717) is 12.5 Å². The third kappa shape index (κ3) is 8.78. The molecule has 0 aromatic heterocycles. The van der Waals surface area contributed by atoms with E-state index < -0.39 is 0 Å². The largest absolute Gasteiger partial charge is 0.370 e. The minimum absolute atomic E-state index is 0. The Labute approximate surface area is 156 Å². The van der Waals surface area contributed by atoms with Crippen molar-refractivity contribution in [1.82, 2.24) is 5.32 Å². The van der Waals surface area contributed by atoms with Crippen LogP contribution in [0.4, 0.5) is 5.69 Å². The fourth-order valence-corrected chi connectivity index (χ4v) is 1.80. The summed E-state index contributed by atoms with van der Waals surface area (Å²) in [5, 5.41) is 6.04. The van der Waals surface area contributed by atoms with Crippen LogP contribution in [0.5, 0.6) is 0 Å². The van der Waals surface area contributed by atoms with E-state index in [9.17, 15) is 4.79 Å². The van der Waals surface area contributed by atoms with E-state index in [0.717, 1.165) is 17.7 Å². The van der Waals surface area contributed by atoms with E-state index in [-0.39, 0.29) is 41.3 Å². The summed E-state index contributed by atoms with van der Waals surface area (Å²) in [7, 11) is 0. The lowest BCUT2D eigenvalue weighted by molar-refractivity contribution is -0.119. The van der Waals surface area contributed by atoms with Crippen molar-refractivity contribution in [1.29, 1.82) is 0 Å². The van der Waals surface area contributed by atoms with Gasteiger partial charge in [-0.1, -0.05) is 26.0 Å². The maximum atomic E-state index is 11.9. The molecule has 130 valence electrons. The summed E-state index contributed by atoms with van der Waals surface area (Å²) in [5.41, 5.74) is 7.53. The summed E-state index contributed by atoms with van der Waals surface area (Å²) in [6, 6.07) is 7.68. The summed E-state index contributed by atoms with van der Waals surface area (Å²) in [4.78, 5) is 16.2. The number of amides is 1. The summed E-state index contributed by atoms with van der Waals surface area (Å²) < 4.78 is 0. The highest BCUT2D eigenvalue weighted by atomic mass is 127. The quantitative estimate of drug-likeness (QED) is 0.379. The third-order valence-corrected chi connectivity index (χ3v) is 3.19. The predicted octanol–water partition coefficient (Wildman–Crippen LogP) is 3.49. The molecule has 0 bridgehead atoms. The number of carbonyl (C=O) groups is 1. The van der Waals surface area contributed by atoms with Crippen LogP contribution >= 0.6 is 24.0 Å². The molecule has 1 amide bonds. The van der Waals surface area contributed by atoms with Crippen LogP contribution < -0.4 is 16.4 Å². The molecule has 5 nitrogen and oxygen atoms in total. The monoisotopic (exact) mass is 432 g/mol. The first-order valence-electron chi connectivity index (χ1n) is 7.69. The maximum Gasteiger partial charge on any atom is 0.227 e. The standard InChI is InChI=1S/C17H28N4O.HI/c1-6-12(2)15(22)20-14-9-7-8-13(10-14)11-19-16(18)21-17(3,4)5;/h7-10,12H,6,11H2,1-5H3,(H,20,22)(H3,18,19,21);1H. The second-order valence-corrected chi connectivity index (χ2v) is 6.58. The van der Waals surface area contributed by atoms with Gasteiger partial charge < -0.3 is 16.4 Å². The molecule has 0 saturated carbocycles. The highest BCUT2D eigenvalue weighted by Crippen LogP contribution is 2.13. The van der Waals surface area contributed by atoms with Gasteiger partial charge in [0.2, 0.25) is 5.91 Å². The number of rotatable bonds is 5. The molecule has 1 atom stereocenters. The Morgan fingerprint density at radius 3 is 2.57 bits per heavy atom. The SMILES string of the molecule is CCC(C)C(=O)Nc1cccc(CN=C(N)NC(C)(C)C)c1.I. The van der Waals surface area contributed by atoms with Crippen LogP contribution in [0.2, 0.25) is 0 Å². The second kappa shape index (κ2) is 9.75. The topological polar surface area (TPSA) is 79.5 Å². The molecule has 0 spiro atoms. The number of halogens is 1. The Morgan fingerprint density at radius 1 is 1.35 bits per heavy atom. The lowest BCUT2D eigenvalue weighted by atomic mass is 10.1. The molecule has 4 N–H and O–H groups in total. The Kier molecular flexibility index (Phi) is 9.19. The molecule has 1 aromatic carbocycles. The predicted molar refractivity (Wildman–Crippen MR) is 108 cm³/mol. The van der Waals surface area contributed by atoms with Gasteiger partial charge in [0.1, 0.15) is 0 Å². The van der Waals surface area contributed by atoms with Gasteiger partial charge in [-0.05, 0) is 44.9 Å². The molecule has 0 fully saturated rings. The molecule has 0 radical (unpaired) electrons. The van der Waals surface area contributed by atoms with Crippen LogP contribution in [0, 0.1) is 5.92 Å². The third-order valence-electron chi connectivity index (χ3n) is 3.19. The number of benzene rings is 1. The minimum Gasteiger partial charge on any atom is -0.370 e. The van der Waals surface area contributed by atoms with E-state index in [4.69, 9.17) is 5.73 Å². The number of anilines is 1. The van der Waals surface area contributed by atoms with E-state index >= 15 is 0 Å². The normalized spacial score (nSPS) is 13.0. The Hall–Kier alpha value is -1.31. The molecule has 0 saturated heterocycles. The lowest BCUT2D eigenvalue weighted by Crippen LogP contribution is -2.44. The van der Waals surface area contributed by atoms with Crippen molar-refractivity contribution < 1.29 is 4.79 Å². The molecule has 0 aliphatic rings. The van der Waals surface area contributed by atoms with E-state index in [2.05, 4.69) is 15.6 Å². The molecule has 0 aliphatic heterocycles. The zero-order valence-corrected chi connectivity index (χ0v) is 17.0. The number of nitrogens with two attached hydrogens (primary N) is 1. The van der Waals surface area contributed by atoms with Gasteiger partial charge in [0.25, 0.3) is 0 Å².